The Morgan fingerprint density at radius 3 is 2.38 bits per heavy atom. The van der Waals surface area contributed by atoms with Crippen LogP contribution in [0.5, 0.6) is 0 Å². The predicted octanol–water partition coefficient (Wildman–Crippen LogP) is 2.63. The van der Waals surface area contributed by atoms with Crippen LogP contribution in [-0.2, 0) is 14.3 Å². The highest BCUT2D eigenvalue weighted by atomic mass is 16.5. The van der Waals surface area contributed by atoms with E-state index < -0.39 is 17.3 Å². The van der Waals surface area contributed by atoms with Gasteiger partial charge in [0.05, 0.1) is 17.9 Å². The second-order valence-corrected chi connectivity index (χ2v) is 5.70. The minimum Gasteiger partial charge on any atom is -0.481 e. The number of methoxy groups -OCH3 is 1. The zero-order chi connectivity index (χ0) is 15.5. The molecule has 1 aromatic carbocycles. The van der Waals surface area contributed by atoms with Crippen LogP contribution in [-0.4, -0.2) is 30.7 Å². The molecule has 0 radical (unpaired) electrons. The first kappa shape index (κ1) is 15.5. The van der Waals surface area contributed by atoms with Gasteiger partial charge in [-0.05, 0) is 37.5 Å². The van der Waals surface area contributed by atoms with Crippen LogP contribution in [0.1, 0.15) is 37.7 Å². The molecule has 5 nitrogen and oxygen atoms in total. The van der Waals surface area contributed by atoms with E-state index in [4.69, 9.17) is 9.84 Å². The van der Waals surface area contributed by atoms with Crippen LogP contribution in [0.25, 0.3) is 0 Å². The maximum absolute atomic E-state index is 12.3. The average Bonchev–Trinajstić information content (AvgIpc) is 2.42. The lowest BCUT2D eigenvalue weighted by Gasteiger charge is -2.39. The lowest BCUT2D eigenvalue weighted by molar-refractivity contribution is -0.138. The van der Waals surface area contributed by atoms with E-state index >= 15 is 0 Å². The molecule has 1 aliphatic carbocycles. The highest BCUT2D eigenvalue weighted by Crippen LogP contribution is 2.42. The third-order valence-corrected chi connectivity index (χ3v) is 4.25. The Kier molecular flexibility index (Phi) is 4.63. The normalized spacial score (nSPS) is 17.6. The third-order valence-electron chi connectivity index (χ3n) is 4.25. The number of carbonyl (C=O) groups excluding carboxylic acids is 1. The van der Waals surface area contributed by atoms with Crippen LogP contribution < -0.4 is 5.32 Å². The minimum atomic E-state index is -0.861. The smallest absolute Gasteiger partial charge is 0.310 e. The fourth-order valence-electron chi connectivity index (χ4n) is 2.58. The molecule has 0 bridgehead atoms. The summed E-state index contributed by atoms with van der Waals surface area (Å²) < 4.78 is 5.16. The highest BCUT2D eigenvalue weighted by Gasteiger charge is 2.44. The molecule has 0 saturated heterocycles. The molecular weight excluding hydrogens is 270 g/mol. The zero-order valence-corrected chi connectivity index (χ0v) is 12.4. The van der Waals surface area contributed by atoms with Gasteiger partial charge in [0.2, 0.25) is 5.91 Å². The van der Waals surface area contributed by atoms with Crippen molar-refractivity contribution >= 4 is 17.6 Å². The van der Waals surface area contributed by atoms with Crippen LogP contribution in [0, 0.1) is 5.41 Å². The van der Waals surface area contributed by atoms with Crippen molar-refractivity contribution in [3.05, 3.63) is 29.8 Å². The maximum atomic E-state index is 12.3. The second kappa shape index (κ2) is 6.26. The van der Waals surface area contributed by atoms with E-state index in [0.717, 1.165) is 24.8 Å². The molecule has 5 heteroatoms. The number of anilines is 1. The van der Waals surface area contributed by atoms with Gasteiger partial charge in [0.25, 0.3) is 0 Å². The minimum absolute atomic E-state index is 0.0189. The topological polar surface area (TPSA) is 75.6 Å². The van der Waals surface area contributed by atoms with Crippen molar-refractivity contribution in [2.75, 3.05) is 19.0 Å². The molecule has 114 valence electrons. The molecule has 21 heavy (non-hydrogen) atoms. The molecule has 1 aromatic rings. The van der Waals surface area contributed by atoms with Crippen molar-refractivity contribution in [1.82, 2.24) is 0 Å². The lowest BCUT2D eigenvalue weighted by atomic mass is 9.68. The van der Waals surface area contributed by atoms with E-state index in [2.05, 4.69) is 5.32 Å². The molecule has 2 N–H and O–H groups in total. The maximum Gasteiger partial charge on any atom is 0.310 e. The summed E-state index contributed by atoms with van der Waals surface area (Å²) in [5.41, 5.74) is 1.00. The summed E-state index contributed by atoms with van der Waals surface area (Å²) in [7, 11) is 1.61. The summed E-state index contributed by atoms with van der Waals surface area (Å²) in [6.45, 7) is 2.07. The molecular formula is C16H21NO4. The number of aliphatic carboxylic acids is 1. The van der Waals surface area contributed by atoms with E-state index in [1.165, 1.54) is 0 Å². The molecule has 0 spiro atoms. The summed E-state index contributed by atoms with van der Waals surface area (Å²) in [5, 5.41) is 11.9. The number of nitrogens with one attached hydrogen (secondary N) is 1. The number of carboxylic acid groups (broad SMARTS) is 1. The molecule has 0 aliphatic heterocycles. The summed E-state index contributed by atoms with van der Waals surface area (Å²) in [5.74, 6) is -1.43. The Morgan fingerprint density at radius 2 is 1.95 bits per heavy atom. The standard InChI is InChI=1S/C16H21NO4/c1-11(14(18)19)12-4-6-13(7-5-12)17-15(20)16(10-21-2)8-3-9-16/h4-7,11H,3,8-10H2,1-2H3,(H,17,20)(H,18,19). The number of rotatable bonds is 6. The SMILES string of the molecule is COCC1(C(=O)Nc2ccc(C(C)C(=O)O)cc2)CCC1. The summed E-state index contributed by atoms with van der Waals surface area (Å²) in [4.78, 5) is 23.3. The molecule has 1 aliphatic rings. The number of ether oxygens (including phenoxy) is 1. The van der Waals surface area contributed by atoms with Crippen molar-refractivity contribution in [2.45, 2.75) is 32.1 Å². The van der Waals surface area contributed by atoms with Gasteiger partial charge in [0, 0.05) is 12.8 Å². The van der Waals surface area contributed by atoms with Crippen LogP contribution in [0.15, 0.2) is 24.3 Å². The van der Waals surface area contributed by atoms with Crippen LogP contribution in [0.2, 0.25) is 0 Å². The fraction of sp³-hybridized carbons (Fsp3) is 0.500. The Hall–Kier alpha value is -1.88. The fourth-order valence-corrected chi connectivity index (χ4v) is 2.58. The Bertz CT molecular complexity index is 520. The van der Waals surface area contributed by atoms with Gasteiger partial charge in [-0.2, -0.15) is 0 Å². The summed E-state index contributed by atoms with van der Waals surface area (Å²) >= 11 is 0. The number of hydrogen-bond acceptors (Lipinski definition) is 3. The Morgan fingerprint density at radius 1 is 1.33 bits per heavy atom. The van der Waals surface area contributed by atoms with E-state index in [1.807, 2.05) is 0 Å². The number of amides is 1. The number of carboxylic acids is 1. The van der Waals surface area contributed by atoms with Gasteiger partial charge in [-0.15, -0.1) is 0 Å². The van der Waals surface area contributed by atoms with E-state index in [9.17, 15) is 9.59 Å². The number of carbonyl (C=O) groups is 2. The van der Waals surface area contributed by atoms with E-state index in [1.54, 1.807) is 38.3 Å². The highest BCUT2D eigenvalue weighted by molar-refractivity contribution is 5.96. The van der Waals surface area contributed by atoms with Gasteiger partial charge in [-0.25, -0.2) is 0 Å². The zero-order valence-electron chi connectivity index (χ0n) is 12.4. The predicted molar refractivity (Wildman–Crippen MR) is 79.3 cm³/mol. The lowest BCUT2D eigenvalue weighted by Crippen LogP contribution is -2.45. The van der Waals surface area contributed by atoms with Crippen LogP contribution >= 0.6 is 0 Å². The second-order valence-electron chi connectivity index (χ2n) is 5.70. The van der Waals surface area contributed by atoms with E-state index in [0.29, 0.717) is 12.3 Å². The van der Waals surface area contributed by atoms with Crippen molar-refractivity contribution in [3.8, 4) is 0 Å². The summed E-state index contributed by atoms with van der Waals surface area (Å²) in [6, 6.07) is 6.95. The molecule has 2 rings (SSSR count). The first-order chi connectivity index (χ1) is 9.98. The van der Waals surface area contributed by atoms with Crippen LogP contribution in [0.3, 0.4) is 0 Å². The molecule has 1 atom stereocenters. The number of benzene rings is 1. The Balaban J connectivity index is 2.03. The molecule has 1 amide bonds. The molecule has 1 fully saturated rings. The Labute approximate surface area is 124 Å². The molecule has 1 unspecified atom stereocenters. The monoisotopic (exact) mass is 291 g/mol. The van der Waals surface area contributed by atoms with Crippen LogP contribution in [0.4, 0.5) is 5.69 Å². The quantitative estimate of drug-likeness (QED) is 0.844. The van der Waals surface area contributed by atoms with Crippen molar-refractivity contribution in [2.24, 2.45) is 5.41 Å². The molecule has 0 aromatic heterocycles. The molecule has 1 saturated carbocycles. The van der Waals surface area contributed by atoms with Crippen molar-refractivity contribution < 1.29 is 19.4 Å². The van der Waals surface area contributed by atoms with Gasteiger partial charge in [-0.1, -0.05) is 18.6 Å². The van der Waals surface area contributed by atoms with E-state index in [-0.39, 0.29) is 5.91 Å². The van der Waals surface area contributed by atoms with Gasteiger partial charge < -0.3 is 15.2 Å². The first-order valence-corrected chi connectivity index (χ1v) is 7.12. The number of hydrogen-bond donors (Lipinski definition) is 2. The van der Waals surface area contributed by atoms with Gasteiger partial charge in [0.15, 0.2) is 0 Å². The largest absolute Gasteiger partial charge is 0.481 e. The first-order valence-electron chi connectivity index (χ1n) is 7.12. The molecule has 0 heterocycles. The average molecular weight is 291 g/mol. The third kappa shape index (κ3) is 3.24. The van der Waals surface area contributed by atoms with Gasteiger partial charge >= 0.3 is 5.97 Å². The van der Waals surface area contributed by atoms with Gasteiger partial charge in [0.1, 0.15) is 0 Å². The van der Waals surface area contributed by atoms with Gasteiger partial charge in [-0.3, -0.25) is 9.59 Å². The summed E-state index contributed by atoms with van der Waals surface area (Å²) in [6.07, 6.45) is 2.74. The van der Waals surface area contributed by atoms with Crippen molar-refractivity contribution in [1.29, 1.82) is 0 Å². The van der Waals surface area contributed by atoms with Crippen molar-refractivity contribution in [3.63, 3.8) is 0 Å².